The van der Waals surface area contributed by atoms with E-state index < -0.39 is 0 Å². The molecule has 0 spiro atoms. The van der Waals surface area contributed by atoms with Crippen LogP contribution in [0.1, 0.15) is 10.7 Å². The first-order valence-corrected chi connectivity index (χ1v) is 7.13. The Bertz CT molecular complexity index is 870. The minimum atomic E-state index is -0.362. The van der Waals surface area contributed by atoms with E-state index in [1.165, 1.54) is 16.5 Å². The Kier molecular flexibility index (Phi) is 3.06. The number of thiophene rings is 1. The Hall–Kier alpha value is -2.15. The normalized spacial score (nSPS) is 11.3. The molecule has 0 unspecified atom stereocenters. The van der Waals surface area contributed by atoms with E-state index in [0.29, 0.717) is 17.6 Å². The summed E-state index contributed by atoms with van der Waals surface area (Å²) in [5.41, 5.74) is 0.104. The van der Waals surface area contributed by atoms with Gasteiger partial charge in [-0.25, -0.2) is 9.78 Å². The van der Waals surface area contributed by atoms with Crippen LogP contribution in [0.2, 0.25) is 0 Å². The Morgan fingerprint density at radius 2 is 2.05 bits per heavy atom. The van der Waals surface area contributed by atoms with Crippen molar-refractivity contribution >= 4 is 22.5 Å². The Balaban J connectivity index is 2.03. The van der Waals surface area contributed by atoms with Gasteiger partial charge in [0.25, 0.3) is 5.56 Å². The second-order valence-corrected chi connectivity index (χ2v) is 5.70. The van der Waals surface area contributed by atoms with Gasteiger partial charge in [0.2, 0.25) is 0 Å². The zero-order valence-electron chi connectivity index (χ0n) is 11.2. The van der Waals surface area contributed by atoms with Gasteiger partial charge in [-0.15, -0.1) is 11.3 Å². The van der Waals surface area contributed by atoms with Gasteiger partial charge in [0, 0.05) is 25.4 Å². The van der Waals surface area contributed by atoms with Gasteiger partial charge in [-0.2, -0.15) is 0 Å². The molecule has 0 radical (unpaired) electrons. The van der Waals surface area contributed by atoms with E-state index in [1.807, 2.05) is 11.4 Å². The third kappa shape index (κ3) is 2.00. The van der Waals surface area contributed by atoms with Crippen LogP contribution in [0, 0.1) is 0 Å². The molecule has 0 saturated heterocycles. The number of aryl methyl sites for hydroxylation is 3. The lowest BCUT2D eigenvalue weighted by Gasteiger charge is -2.00. The fraction of sp³-hybridized carbons (Fsp3) is 0.308. The number of hydrogen-bond acceptors (Lipinski definition) is 4. The van der Waals surface area contributed by atoms with E-state index in [-0.39, 0.29) is 11.2 Å². The van der Waals surface area contributed by atoms with Crippen molar-refractivity contribution in [2.75, 3.05) is 0 Å². The van der Waals surface area contributed by atoms with Crippen molar-refractivity contribution in [2.24, 2.45) is 14.1 Å². The second-order valence-electron chi connectivity index (χ2n) is 4.67. The molecule has 0 bridgehead atoms. The summed E-state index contributed by atoms with van der Waals surface area (Å²) in [6.07, 6.45) is 1.58. The summed E-state index contributed by atoms with van der Waals surface area (Å²) < 4.78 is 2.48. The van der Waals surface area contributed by atoms with Gasteiger partial charge in [-0.3, -0.25) is 13.9 Å². The largest absolute Gasteiger partial charge is 0.336 e. The molecule has 7 heteroatoms. The molecular weight excluding hydrogens is 276 g/mol. The van der Waals surface area contributed by atoms with Crippen molar-refractivity contribution in [1.82, 2.24) is 19.1 Å². The predicted molar refractivity (Wildman–Crippen MR) is 78.3 cm³/mol. The van der Waals surface area contributed by atoms with Gasteiger partial charge in [0.15, 0.2) is 5.65 Å². The first kappa shape index (κ1) is 12.9. The molecule has 3 aromatic rings. The van der Waals surface area contributed by atoms with Crippen molar-refractivity contribution in [1.29, 1.82) is 0 Å². The minimum absolute atomic E-state index is 0.335. The maximum absolute atomic E-state index is 12.0. The quantitative estimate of drug-likeness (QED) is 0.775. The summed E-state index contributed by atoms with van der Waals surface area (Å²) in [6.45, 7) is 0. The molecular formula is C13H14N4O2S. The summed E-state index contributed by atoms with van der Waals surface area (Å²) >= 11 is 1.70. The van der Waals surface area contributed by atoms with Gasteiger partial charge < -0.3 is 4.98 Å². The van der Waals surface area contributed by atoms with Gasteiger partial charge in [0.05, 0.1) is 0 Å². The van der Waals surface area contributed by atoms with E-state index >= 15 is 0 Å². The monoisotopic (exact) mass is 290 g/mol. The SMILES string of the molecule is Cn1c(=O)c2[nH]c(CCc3cccs3)nc2n(C)c1=O. The highest BCUT2D eigenvalue weighted by molar-refractivity contribution is 7.09. The second kappa shape index (κ2) is 4.75. The maximum Gasteiger partial charge on any atom is 0.332 e. The predicted octanol–water partition coefficient (Wildman–Crippen LogP) is 0.807. The average molecular weight is 290 g/mol. The number of nitrogens with one attached hydrogen (secondary N) is 1. The van der Waals surface area contributed by atoms with Gasteiger partial charge in [-0.05, 0) is 17.9 Å². The first-order chi connectivity index (χ1) is 9.58. The van der Waals surface area contributed by atoms with E-state index in [4.69, 9.17) is 0 Å². The molecule has 104 valence electrons. The molecule has 6 nitrogen and oxygen atoms in total. The van der Waals surface area contributed by atoms with Gasteiger partial charge >= 0.3 is 5.69 Å². The fourth-order valence-electron chi connectivity index (χ4n) is 2.19. The summed E-state index contributed by atoms with van der Waals surface area (Å²) in [7, 11) is 3.09. The Labute approximate surface area is 118 Å². The van der Waals surface area contributed by atoms with Gasteiger partial charge in [-0.1, -0.05) is 6.07 Å². The number of rotatable bonds is 3. The lowest BCUT2D eigenvalue weighted by molar-refractivity contribution is 0.708. The third-order valence-electron chi connectivity index (χ3n) is 3.33. The van der Waals surface area contributed by atoms with Crippen molar-refractivity contribution in [3.63, 3.8) is 0 Å². The molecule has 0 aliphatic carbocycles. The average Bonchev–Trinajstić information content (AvgIpc) is 3.09. The molecule has 0 fully saturated rings. The third-order valence-corrected chi connectivity index (χ3v) is 4.27. The molecule has 0 atom stereocenters. The molecule has 0 aliphatic rings. The standard InChI is InChI=1S/C13H14N4O2S/c1-16-11-10(12(18)17(2)13(16)19)14-9(15-11)6-5-8-4-3-7-20-8/h3-4,7H,5-6H2,1-2H3,(H,14,15). The number of nitrogens with zero attached hydrogens (tertiary/aromatic N) is 3. The number of aromatic nitrogens is 4. The zero-order valence-corrected chi connectivity index (χ0v) is 12.0. The number of aromatic amines is 1. The van der Waals surface area contributed by atoms with Gasteiger partial charge in [0.1, 0.15) is 11.3 Å². The fourth-order valence-corrected chi connectivity index (χ4v) is 2.90. The summed E-state index contributed by atoms with van der Waals surface area (Å²) in [6, 6.07) is 4.08. The molecule has 3 heterocycles. The molecule has 1 N–H and O–H groups in total. The van der Waals surface area contributed by atoms with Crippen LogP contribution in [0.5, 0.6) is 0 Å². The Morgan fingerprint density at radius 1 is 1.25 bits per heavy atom. The summed E-state index contributed by atoms with van der Waals surface area (Å²) in [5.74, 6) is 0.728. The van der Waals surface area contributed by atoms with Crippen molar-refractivity contribution in [2.45, 2.75) is 12.8 Å². The molecule has 3 aromatic heterocycles. The molecule has 20 heavy (non-hydrogen) atoms. The summed E-state index contributed by atoms with van der Waals surface area (Å²) in [4.78, 5) is 32.5. The number of imidazole rings is 1. The van der Waals surface area contributed by atoms with E-state index in [2.05, 4.69) is 16.0 Å². The summed E-state index contributed by atoms with van der Waals surface area (Å²) in [5, 5.41) is 2.04. The van der Waals surface area contributed by atoms with Crippen LogP contribution in [-0.2, 0) is 26.9 Å². The van der Waals surface area contributed by atoms with Crippen LogP contribution < -0.4 is 11.2 Å². The van der Waals surface area contributed by atoms with E-state index in [1.54, 1.807) is 18.4 Å². The lowest BCUT2D eigenvalue weighted by Crippen LogP contribution is -2.36. The highest BCUT2D eigenvalue weighted by Gasteiger charge is 2.13. The van der Waals surface area contributed by atoms with Crippen molar-refractivity contribution in [3.05, 3.63) is 49.1 Å². The van der Waals surface area contributed by atoms with Crippen LogP contribution in [0.3, 0.4) is 0 Å². The van der Waals surface area contributed by atoms with E-state index in [9.17, 15) is 9.59 Å². The maximum atomic E-state index is 12.0. The van der Waals surface area contributed by atoms with Crippen molar-refractivity contribution in [3.8, 4) is 0 Å². The number of fused-ring (bicyclic) bond motifs is 1. The highest BCUT2D eigenvalue weighted by atomic mass is 32.1. The lowest BCUT2D eigenvalue weighted by atomic mass is 10.2. The van der Waals surface area contributed by atoms with Crippen LogP contribution >= 0.6 is 11.3 Å². The highest BCUT2D eigenvalue weighted by Crippen LogP contribution is 2.12. The smallest absolute Gasteiger partial charge is 0.332 e. The van der Waals surface area contributed by atoms with Crippen LogP contribution in [0.4, 0.5) is 0 Å². The molecule has 0 amide bonds. The molecule has 0 saturated carbocycles. The zero-order chi connectivity index (χ0) is 14.3. The topological polar surface area (TPSA) is 72.7 Å². The molecule has 0 aliphatic heterocycles. The van der Waals surface area contributed by atoms with Crippen molar-refractivity contribution < 1.29 is 0 Å². The van der Waals surface area contributed by atoms with Crippen LogP contribution in [0.15, 0.2) is 27.1 Å². The number of H-pyrrole nitrogens is 1. The number of hydrogen-bond donors (Lipinski definition) is 1. The van der Waals surface area contributed by atoms with Crippen LogP contribution in [0.25, 0.3) is 11.2 Å². The van der Waals surface area contributed by atoms with E-state index in [0.717, 1.165) is 16.8 Å². The molecule has 0 aromatic carbocycles. The first-order valence-electron chi connectivity index (χ1n) is 6.25. The van der Waals surface area contributed by atoms with Crippen LogP contribution in [-0.4, -0.2) is 19.1 Å². The minimum Gasteiger partial charge on any atom is -0.336 e. The Morgan fingerprint density at radius 3 is 2.75 bits per heavy atom. The molecule has 3 rings (SSSR count).